The minimum absolute atomic E-state index is 0.0443. The topological polar surface area (TPSA) is 124 Å². The van der Waals surface area contributed by atoms with Gasteiger partial charge in [0.1, 0.15) is 22.9 Å². The van der Waals surface area contributed by atoms with Crippen molar-refractivity contribution >= 4 is 23.6 Å². The second-order valence-corrected chi connectivity index (χ2v) is 12.1. The second kappa shape index (κ2) is 13.2. The van der Waals surface area contributed by atoms with Crippen LogP contribution in [0.1, 0.15) is 47.4 Å². The van der Waals surface area contributed by atoms with Crippen LogP contribution in [0.25, 0.3) is 16.9 Å². The normalized spacial score (nSPS) is 13.8. The molecule has 1 saturated heterocycles. The highest BCUT2D eigenvalue weighted by molar-refractivity contribution is 6.03. The lowest BCUT2D eigenvalue weighted by Crippen LogP contribution is -2.51. The molecule has 0 spiro atoms. The second-order valence-electron chi connectivity index (χ2n) is 12.1. The summed E-state index contributed by atoms with van der Waals surface area (Å²) in [7, 11) is 2.61. The Morgan fingerprint density at radius 3 is 2.18 bits per heavy atom. The van der Waals surface area contributed by atoms with Crippen molar-refractivity contribution in [1.29, 1.82) is 0 Å². The summed E-state index contributed by atoms with van der Waals surface area (Å²) in [6.45, 7) is 5.93. The van der Waals surface area contributed by atoms with E-state index in [9.17, 15) is 31.9 Å². The maximum absolute atomic E-state index is 15.1. The Morgan fingerprint density at radius 2 is 1.59 bits per heavy atom. The van der Waals surface area contributed by atoms with Crippen molar-refractivity contribution in [3.8, 4) is 22.7 Å². The maximum Gasteiger partial charge on any atom is 0.435 e. The fourth-order valence-corrected chi connectivity index (χ4v) is 5.11. The number of nitrogens with one attached hydrogen (secondary N) is 1. The lowest BCUT2D eigenvalue weighted by atomic mass is 10.1. The van der Waals surface area contributed by atoms with Gasteiger partial charge >= 0.3 is 12.3 Å². The first kappa shape index (κ1) is 34.8. The zero-order chi connectivity index (χ0) is 35.8. The van der Waals surface area contributed by atoms with E-state index in [1.165, 1.54) is 48.2 Å². The molecule has 1 aliphatic heterocycles. The molecule has 5 rings (SSSR count). The molecule has 1 aliphatic rings. The molecule has 260 valence electrons. The Kier molecular flexibility index (Phi) is 9.39. The maximum atomic E-state index is 15.1. The van der Waals surface area contributed by atoms with Gasteiger partial charge in [-0.3, -0.25) is 9.59 Å². The first-order valence-corrected chi connectivity index (χ1v) is 14.9. The van der Waals surface area contributed by atoms with Gasteiger partial charge in [-0.15, -0.1) is 0 Å². The molecular formula is C32H32F5N7O5. The van der Waals surface area contributed by atoms with Gasteiger partial charge in [-0.05, 0) is 51.1 Å². The van der Waals surface area contributed by atoms with Crippen LogP contribution >= 0.6 is 0 Å². The highest BCUT2D eigenvalue weighted by Gasteiger charge is 2.39. The van der Waals surface area contributed by atoms with Crippen LogP contribution in [0.2, 0.25) is 0 Å². The number of benzene rings is 2. The Hall–Kier alpha value is -5.48. The third kappa shape index (κ3) is 7.49. The summed E-state index contributed by atoms with van der Waals surface area (Å²) in [5, 5.41) is 6.00. The molecule has 1 N–H and O–H groups in total. The minimum Gasteiger partial charge on any atom is -0.497 e. The number of aromatic nitrogens is 4. The number of carbonyl (C=O) groups is 3. The van der Waals surface area contributed by atoms with E-state index in [-0.39, 0.29) is 60.4 Å². The van der Waals surface area contributed by atoms with Crippen LogP contribution < -0.4 is 10.1 Å². The molecule has 4 aromatic rings. The molecule has 0 atom stereocenters. The number of nitrogens with zero attached hydrogens (tertiary/aromatic N) is 6. The summed E-state index contributed by atoms with van der Waals surface area (Å²) in [6.07, 6.45) is -3.46. The number of carbonyl (C=O) groups excluding carboxylic acids is 3. The summed E-state index contributed by atoms with van der Waals surface area (Å²) in [4.78, 5) is 45.3. The average Bonchev–Trinajstić information content (AvgIpc) is 3.64. The predicted octanol–water partition coefficient (Wildman–Crippen LogP) is 5.52. The SMILES string of the molecule is COc1ccc(-n2cc(-c3cnc(C(=O)Nc4ccc(C(=O)N5CCN(C(=O)OC(C)(C)C)CC5)c(F)c4)n3C)c(C(F)(F)F)n2)c(F)c1. The molecule has 2 aromatic heterocycles. The monoisotopic (exact) mass is 689 g/mol. The number of hydrogen-bond donors (Lipinski definition) is 1. The number of imidazole rings is 1. The number of amides is 3. The van der Waals surface area contributed by atoms with E-state index in [4.69, 9.17) is 9.47 Å². The number of methoxy groups -OCH3 is 1. The van der Waals surface area contributed by atoms with Crippen LogP contribution in [0.15, 0.2) is 48.8 Å². The van der Waals surface area contributed by atoms with Crippen LogP contribution in [0.4, 0.5) is 32.4 Å². The number of halogens is 5. The Balaban J connectivity index is 1.30. The van der Waals surface area contributed by atoms with E-state index in [0.29, 0.717) is 0 Å². The first-order chi connectivity index (χ1) is 23.0. The Morgan fingerprint density at radius 1 is 0.918 bits per heavy atom. The molecule has 1 fully saturated rings. The predicted molar refractivity (Wildman–Crippen MR) is 165 cm³/mol. The molecule has 0 unspecified atom stereocenters. The average molecular weight is 690 g/mol. The third-order valence-corrected chi connectivity index (χ3v) is 7.53. The van der Waals surface area contributed by atoms with Gasteiger partial charge in [0.05, 0.1) is 30.1 Å². The van der Waals surface area contributed by atoms with Crippen LogP contribution in [-0.4, -0.2) is 85.9 Å². The van der Waals surface area contributed by atoms with E-state index in [0.717, 1.165) is 33.8 Å². The number of alkyl halides is 3. The van der Waals surface area contributed by atoms with Gasteiger partial charge in [0, 0.05) is 51.2 Å². The minimum atomic E-state index is -4.95. The van der Waals surface area contributed by atoms with Gasteiger partial charge < -0.3 is 29.2 Å². The van der Waals surface area contributed by atoms with Gasteiger partial charge in [-0.1, -0.05) is 0 Å². The van der Waals surface area contributed by atoms with E-state index in [2.05, 4.69) is 15.4 Å². The van der Waals surface area contributed by atoms with Crippen LogP contribution in [0.3, 0.4) is 0 Å². The van der Waals surface area contributed by atoms with Crippen molar-refractivity contribution in [3.63, 3.8) is 0 Å². The van der Waals surface area contributed by atoms with Crippen LogP contribution in [-0.2, 0) is 18.0 Å². The summed E-state index contributed by atoms with van der Waals surface area (Å²) in [5.74, 6) is -3.46. The Bertz CT molecular complexity index is 1910. The van der Waals surface area contributed by atoms with Crippen molar-refractivity contribution in [1.82, 2.24) is 29.1 Å². The van der Waals surface area contributed by atoms with E-state index >= 15 is 4.39 Å². The number of anilines is 1. The summed E-state index contributed by atoms with van der Waals surface area (Å²) < 4.78 is 84.0. The molecule has 3 amide bonds. The van der Waals surface area contributed by atoms with Crippen molar-refractivity contribution < 1.29 is 45.8 Å². The Labute approximate surface area is 277 Å². The van der Waals surface area contributed by atoms with Gasteiger partial charge in [-0.25, -0.2) is 23.2 Å². The van der Waals surface area contributed by atoms with Gasteiger partial charge in [-0.2, -0.15) is 18.3 Å². The lowest BCUT2D eigenvalue weighted by Gasteiger charge is -2.35. The van der Waals surface area contributed by atoms with Crippen LogP contribution in [0.5, 0.6) is 5.75 Å². The molecule has 2 aromatic carbocycles. The standard InChI is InChI=1S/C32H32F5N7O5/c1-31(2,3)49-30(47)43-12-10-42(11-13-43)29(46)20-8-6-18(14-22(20)33)39-28(45)27-38-16-25(41(27)4)21-17-44(40-26(21)32(35,36)37)24-9-7-19(48-5)15-23(24)34/h6-9,14-17H,10-13H2,1-5H3,(H,39,45). The molecule has 0 radical (unpaired) electrons. The molecule has 49 heavy (non-hydrogen) atoms. The van der Waals surface area contributed by atoms with Crippen molar-refractivity contribution in [2.75, 3.05) is 38.6 Å². The zero-order valence-corrected chi connectivity index (χ0v) is 27.1. The van der Waals surface area contributed by atoms with Crippen molar-refractivity contribution in [3.05, 3.63) is 77.5 Å². The molecule has 12 nitrogen and oxygen atoms in total. The van der Waals surface area contributed by atoms with Gasteiger partial charge in [0.25, 0.3) is 11.8 Å². The summed E-state index contributed by atoms with van der Waals surface area (Å²) in [5.41, 5.74) is -3.22. The highest BCUT2D eigenvalue weighted by atomic mass is 19.4. The molecule has 3 heterocycles. The van der Waals surface area contributed by atoms with E-state index < -0.39 is 52.6 Å². The van der Waals surface area contributed by atoms with E-state index in [1.807, 2.05) is 0 Å². The number of rotatable bonds is 6. The fraction of sp³-hybridized carbons (Fsp3) is 0.344. The molecule has 17 heteroatoms. The fourth-order valence-electron chi connectivity index (χ4n) is 5.11. The summed E-state index contributed by atoms with van der Waals surface area (Å²) in [6, 6.07) is 6.99. The molecule has 0 bridgehead atoms. The molecule has 0 saturated carbocycles. The number of ether oxygens (including phenoxy) is 2. The lowest BCUT2D eigenvalue weighted by molar-refractivity contribution is -0.140. The van der Waals surface area contributed by atoms with Crippen LogP contribution in [0, 0.1) is 11.6 Å². The van der Waals surface area contributed by atoms with Crippen molar-refractivity contribution in [2.45, 2.75) is 32.5 Å². The quantitative estimate of drug-likeness (QED) is 0.265. The largest absolute Gasteiger partial charge is 0.497 e. The molecular weight excluding hydrogens is 657 g/mol. The van der Waals surface area contributed by atoms with E-state index in [1.54, 1.807) is 20.8 Å². The molecule has 0 aliphatic carbocycles. The summed E-state index contributed by atoms with van der Waals surface area (Å²) >= 11 is 0. The number of hydrogen-bond acceptors (Lipinski definition) is 7. The number of piperazine rings is 1. The third-order valence-electron chi connectivity index (χ3n) is 7.53. The van der Waals surface area contributed by atoms with Crippen molar-refractivity contribution in [2.24, 2.45) is 7.05 Å². The smallest absolute Gasteiger partial charge is 0.435 e. The highest BCUT2D eigenvalue weighted by Crippen LogP contribution is 2.37. The zero-order valence-electron chi connectivity index (χ0n) is 27.1. The van der Waals surface area contributed by atoms with Gasteiger partial charge in [0.2, 0.25) is 0 Å². The first-order valence-electron chi connectivity index (χ1n) is 14.9. The van der Waals surface area contributed by atoms with Gasteiger partial charge in [0.15, 0.2) is 17.3 Å².